The second-order valence-electron chi connectivity index (χ2n) is 4.92. The van der Waals surface area contributed by atoms with E-state index in [4.69, 9.17) is 5.73 Å². The summed E-state index contributed by atoms with van der Waals surface area (Å²) >= 11 is 0. The summed E-state index contributed by atoms with van der Waals surface area (Å²) in [5, 5.41) is 0. The molecule has 0 aliphatic carbocycles. The molecule has 1 aromatic rings. The van der Waals surface area contributed by atoms with Crippen LogP contribution in [0.1, 0.15) is 29.8 Å². The smallest absolute Gasteiger partial charge is 0.236 e. The van der Waals surface area contributed by atoms with Gasteiger partial charge in [-0.1, -0.05) is 25.5 Å². The molecule has 0 atom stereocenters. The van der Waals surface area contributed by atoms with Crippen LogP contribution in [-0.2, 0) is 4.79 Å². The standard InChI is InChI=1S/C14H20N2O2/c1-10(2)7-16(8-14(15)18)13-5-4-11(3)6-12(13)9-17/h4-6,9-10H,7-8H2,1-3H3,(H2,15,18). The first-order valence-corrected chi connectivity index (χ1v) is 6.03. The van der Waals surface area contributed by atoms with Gasteiger partial charge in [0.25, 0.3) is 0 Å². The average molecular weight is 248 g/mol. The van der Waals surface area contributed by atoms with Crippen LogP contribution < -0.4 is 10.6 Å². The number of hydrogen-bond donors (Lipinski definition) is 1. The lowest BCUT2D eigenvalue weighted by Gasteiger charge is -2.26. The van der Waals surface area contributed by atoms with Crippen LogP contribution in [0.25, 0.3) is 0 Å². The Morgan fingerprint density at radius 3 is 2.61 bits per heavy atom. The zero-order valence-corrected chi connectivity index (χ0v) is 11.1. The maximum Gasteiger partial charge on any atom is 0.236 e. The highest BCUT2D eigenvalue weighted by Crippen LogP contribution is 2.21. The molecule has 4 nitrogen and oxygen atoms in total. The van der Waals surface area contributed by atoms with Crippen LogP contribution >= 0.6 is 0 Å². The quantitative estimate of drug-likeness (QED) is 0.780. The lowest BCUT2D eigenvalue weighted by molar-refractivity contribution is -0.116. The SMILES string of the molecule is Cc1ccc(N(CC(N)=O)CC(C)C)c(C=O)c1. The number of carbonyl (C=O) groups excluding carboxylic acids is 2. The number of nitrogens with zero attached hydrogens (tertiary/aromatic N) is 1. The highest BCUT2D eigenvalue weighted by Gasteiger charge is 2.14. The molecule has 0 bridgehead atoms. The van der Waals surface area contributed by atoms with E-state index in [0.29, 0.717) is 18.0 Å². The van der Waals surface area contributed by atoms with Gasteiger partial charge in [0.1, 0.15) is 0 Å². The third-order valence-corrected chi connectivity index (χ3v) is 2.58. The van der Waals surface area contributed by atoms with Crippen molar-refractivity contribution in [2.24, 2.45) is 11.7 Å². The van der Waals surface area contributed by atoms with Crippen molar-refractivity contribution in [3.05, 3.63) is 29.3 Å². The summed E-state index contributed by atoms with van der Waals surface area (Å²) in [6.45, 7) is 6.86. The molecule has 0 fully saturated rings. The van der Waals surface area contributed by atoms with Crippen LogP contribution in [0.4, 0.5) is 5.69 Å². The molecule has 1 amide bonds. The van der Waals surface area contributed by atoms with Gasteiger partial charge in [-0.2, -0.15) is 0 Å². The fourth-order valence-corrected chi connectivity index (χ4v) is 1.93. The number of primary amides is 1. The van der Waals surface area contributed by atoms with Gasteiger partial charge >= 0.3 is 0 Å². The average Bonchev–Trinajstić information content (AvgIpc) is 2.26. The third kappa shape index (κ3) is 3.87. The predicted octanol–water partition coefficient (Wildman–Crippen LogP) is 1.76. The molecule has 0 saturated carbocycles. The van der Waals surface area contributed by atoms with E-state index in [0.717, 1.165) is 17.5 Å². The molecule has 0 aromatic heterocycles. The van der Waals surface area contributed by atoms with Crippen molar-refractivity contribution in [2.45, 2.75) is 20.8 Å². The molecule has 0 aliphatic heterocycles. The fraction of sp³-hybridized carbons (Fsp3) is 0.429. The largest absolute Gasteiger partial charge is 0.368 e. The topological polar surface area (TPSA) is 63.4 Å². The monoisotopic (exact) mass is 248 g/mol. The minimum Gasteiger partial charge on any atom is -0.368 e. The van der Waals surface area contributed by atoms with Crippen LogP contribution in [0.5, 0.6) is 0 Å². The van der Waals surface area contributed by atoms with Crippen molar-refractivity contribution in [1.82, 2.24) is 0 Å². The number of aryl methyl sites for hydroxylation is 1. The molecular weight excluding hydrogens is 228 g/mol. The number of carbonyl (C=O) groups is 2. The van der Waals surface area contributed by atoms with Gasteiger partial charge in [-0.25, -0.2) is 0 Å². The normalized spacial score (nSPS) is 10.4. The van der Waals surface area contributed by atoms with E-state index in [9.17, 15) is 9.59 Å². The second kappa shape index (κ2) is 6.19. The van der Waals surface area contributed by atoms with Gasteiger partial charge in [-0.3, -0.25) is 9.59 Å². The van der Waals surface area contributed by atoms with E-state index in [1.807, 2.05) is 30.0 Å². The number of rotatable bonds is 6. The van der Waals surface area contributed by atoms with Crippen molar-refractivity contribution in [1.29, 1.82) is 0 Å². The molecule has 18 heavy (non-hydrogen) atoms. The highest BCUT2D eigenvalue weighted by atomic mass is 16.1. The summed E-state index contributed by atoms with van der Waals surface area (Å²) in [5.41, 5.74) is 7.64. The zero-order valence-electron chi connectivity index (χ0n) is 11.1. The van der Waals surface area contributed by atoms with Gasteiger partial charge < -0.3 is 10.6 Å². The van der Waals surface area contributed by atoms with E-state index in [1.54, 1.807) is 0 Å². The molecule has 0 spiro atoms. The number of anilines is 1. The lowest BCUT2D eigenvalue weighted by atomic mass is 10.1. The number of aldehydes is 1. The van der Waals surface area contributed by atoms with Gasteiger partial charge in [0.2, 0.25) is 5.91 Å². The minimum atomic E-state index is -0.395. The maximum absolute atomic E-state index is 11.1. The van der Waals surface area contributed by atoms with E-state index in [1.165, 1.54) is 0 Å². The summed E-state index contributed by atoms with van der Waals surface area (Å²) < 4.78 is 0. The maximum atomic E-state index is 11.1. The van der Waals surface area contributed by atoms with E-state index >= 15 is 0 Å². The van der Waals surface area contributed by atoms with Crippen LogP contribution in [-0.4, -0.2) is 25.3 Å². The van der Waals surface area contributed by atoms with Crippen LogP contribution in [0.3, 0.4) is 0 Å². The first kappa shape index (κ1) is 14.2. The molecule has 0 aliphatic rings. The Labute approximate surface area is 108 Å². The number of benzene rings is 1. The van der Waals surface area contributed by atoms with Crippen molar-refractivity contribution >= 4 is 17.9 Å². The van der Waals surface area contributed by atoms with Crippen LogP contribution in [0.2, 0.25) is 0 Å². The zero-order chi connectivity index (χ0) is 13.7. The molecule has 2 N–H and O–H groups in total. The second-order valence-corrected chi connectivity index (χ2v) is 4.92. The molecular formula is C14H20N2O2. The van der Waals surface area contributed by atoms with Crippen LogP contribution in [0.15, 0.2) is 18.2 Å². The Hall–Kier alpha value is -1.84. The van der Waals surface area contributed by atoms with Gasteiger partial charge in [0.05, 0.1) is 6.54 Å². The van der Waals surface area contributed by atoms with Crippen molar-refractivity contribution in [3.8, 4) is 0 Å². The Kier molecular flexibility index (Phi) is 4.89. The van der Waals surface area contributed by atoms with Crippen molar-refractivity contribution < 1.29 is 9.59 Å². The summed E-state index contributed by atoms with van der Waals surface area (Å²) in [6, 6.07) is 5.61. The van der Waals surface area contributed by atoms with Gasteiger partial charge in [0.15, 0.2) is 6.29 Å². The Balaban J connectivity index is 3.10. The first-order chi connectivity index (χ1) is 8.43. The first-order valence-electron chi connectivity index (χ1n) is 6.03. The third-order valence-electron chi connectivity index (χ3n) is 2.58. The van der Waals surface area contributed by atoms with Gasteiger partial charge in [-0.05, 0) is 25.0 Å². The minimum absolute atomic E-state index is 0.127. The molecule has 0 saturated heterocycles. The number of hydrogen-bond acceptors (Lipinski definition) is 3. The molecule has 0 heterocycles. The summed E-state index contributed by atoms with van der Waals surface area (Å²) in [4.78, 5) is 24.1. The van der Waals surface area contributed by atoms with Crippen molar-refractivity contribution in [3.63, 3.8) is 0 Å². The van der Waals surface area contributed by atoms with Crippen molar-refractivity contribution in [2.75, 3.05) is 18.0 Å². The Bertz CT molecular complexity index is 441. The van der Waals surface area contributed by atoms with Gasteiger partial charge in [-0.15, -0.1) is 0 Å². The fourth-order valence-electron chi connectivity index (χ4n) is 1.93. The Morgan fingerprint density at radius 2 is 2.11 bits per heavy atom. The molecule has 0 unspecified atom stereocenters. The number of nitrogens with two attached hydrogens (primary N) is 1. The summed E-state index contributed by atoms with van der Waals surface area (Å²) in [7, 11) is 0. The van der Waals surface area contributed by atoms with E-state index < -0.39 is 5.91 Å². The predicted molar refractivity (Wildman–Crippen MR) is 72.8 cm³/mol. The summed E-state index contributed by atoms with van der Waals surface area (Å²) in [5.74, 6) is -0.0155. The molecule has 98 valence electrons. The lowest BCUT2D eigenvalue weighted by Crippen LogP contribution is -2.36. The van der Waals surface area contributed by atoms with Gasteiger partial charge in [0, 0.05) is 17.8 Å². The number of amides is 1. The molecule has 0 radical (unpaired) electrons. The molecule has 1 rings (SSSR count). The van der Waals surface area contributed by atoms with Crippen LogP contribution in [0, 0.1) is 12.8 Å². The highest BCUT2D eigenvalue weighted by molar-refractivity contribution is 5.87. The Morgan fingerprint density at radius 1 is 1.44 bits per heavy atom. The molecule has 4 heteroatoms. The van der Waals surface area contributed by atoms with E-state index in [2.05, 4.69) is 13.8 Å². The summed E-state index contributed by atoms with van der Waals surface area (Å²) in [6.07, 6.45) is 0.816. The molecule has 1 aromatic carbocycles. The van der Waals surface area contributed by atoms with E-state index in [-0.39, 0.29) is 6.54 Å².